The zero-order chi connectivity index (χ0) is 13.0. The molecule has 1 aliphatic heterocycles. The Bertz CT molecular complexity index is 428. The number of benzene rings is 1. The summed E-state index contributed by atoms with van der Waals surface area (Å²) >= 11 is 3.16. The fourth-order valence-corrected chi connectivity index (χ4v) is 2.36. The van der Waals surface area contributed by atoms with Crippen LogP contribution in [0.2, 0.25) is 0 Å². The molecule has 4 nitrogen and oxygen atoms in total. The Morgan fingerprint density at radius 3 is 2.11 bits per heavy atom. The standard InChI is InChI=1S/C13H15BrN2O2/c14-10-12(17)15-6-8-16(9-7-15)13(18)11-4-2-1-3-5-11/h1-5H,6-10H2. The fraction of sp³-hybridized carbons (Fsp3) is 0.385. The summed E-state index contributed by atoms with van der Waals surface area (Å²) in [7, 11) is 0. The summed E-state index contributed by atoms with van der Waals surface area (Å²) in [6, 6.07) is 9.25. The van der Waals surface area contributed by atoms with E-state index in [4.69, 9.17) is 0 Å². The van der Waals surface area contributed by atoms with Gasteiger partial charge >= 0.3 is 0 Å². The topological polar surface area (TPSA) is 40.6 Å². The molecular formula is C13H15BrN2O2. The van der Waals surface area contributed by atoms with E-state index < -0.39 is 0 Å². The first kappa shape index (κ1) is 13.1. The second-order valence-electron chi connectivity index (χ2n) is 4.17. The molecule has 5 heteroatoms. The highest BCUT2D eigenvalue weighted by Gasteiger charge is 2.23. The lowest BCUT2D eigenvalue weighted by Gasteiger charge is -2.34. The molecule has 0 aliphatic carbocycles. The first-order valence-electron chi connectivity index (χ1n) is 5.90. The smallest absolute Gasteiger partial charge is 0.253 e. The van der Waals surface area contributed by atoms with Gasteiger partial charge in [-0.25, -0.2) is 0 Å². The number of rotatable bonds is 2. The van der Waals surface area contributed by atoms with Crippen molar-refractivity contribution >= 4 is 27.7 Å². The Morgan fingerprint density at radius 1 is 1.00 bits per heavy atom. The molecule has 1 aliphatic rings. The minimum Gasteiger partial charge on any atom is -0.338 e. The predicted molar refractivity (Wildman–Crippen MR) is 72.7 cm³/mol. The highest BCUT2D eigenvalue weighted by Crippen LogP contribution is 2.09. The molecule has 0 saturated carbocycles. The SMILES string of the molecule is O=C(CBr)N1CCN(C(=O)c2ccccc2)CC1. The molecule has 0 atom stereocenters. The first-order chi connectivity index (χ1) is 8.72. The van der Waals surface area contributed by atoms with Crippen LogP contribution in [-0.4, -0.2) is 53.1 Å². The van der Waals surface area contributed by atoms with Crippen molar-refractivity contribution in [1.29, 1.82) is 0 Å². The second kappa shape index (κ2) is 6.00. The Kier molecular flexibility index (Phi) is 4.36. The van der Waals surface area contributed by atoms with E-state index in [9.17, 15) is 9.59 Å². The third-order valence-electron chi connectivity index (χ3n) is 3.05. The third kappa shape index (κ3) is 2.90. The van der Waals surface area contributed by atoms with Gasteiger partial charge < -0.3 is 9.80 Å². The molecule has 2 amide bonds. The Balaban J connectivity index is 1.94. The van der Waals surface area contributed by atoms with Crippen molar-refractivity contribution in [3.8, 4) is 0 Å². The van der Waals surface area contributed by atoms with Crippen molar-refractivity contribution in [2.75, 3.05) is 31.5 Å². The summed E-state index contributed by atoms with van der Waals surface area (Å²) in [6.45, 7) is 2.44. The molecule has 1 aromatic rings. The number of alkyl halides is 1. The highest BCUT2D eigenvalue weighted by molar-refractivity contribution is 9.09. The maximum atomic E-state index is 12.2. The molecule has 1 saturated heterocycles. The van der Waals surface area contributed by atoms with Gasteiger partial charge in [0, 0.05) is 31.7 Å². The predicted octanol–water partition coefficient (Wildman–Crippen LogP) is 1.37. The van der Waals surface area contributed by atoms with Crippen molar-refractivity contribution in [2.24, 2.45) is 0 Å². The third-order valence-corrected chi connectivity index (χ3v) is 3.53. The van der Waals surface area contributed by atoms with Gasteiger partial charge in [-0.2, -0.15) is 0 Å². The van der Waals surface area contributed by atoms with E-state index in [0.29, 0.717) is 37.1 Å². The lowest BCUT2D eigenvalue weighted by Crippen LogP contribution is -2.50. The van der Waals surface area contributed by atoms with Crippen LogP contribution in [0.5, 0.6) is 0 Å². The van der Waals surface area contributed by atoms with E-state index in [1.807, 2.05) is 30.3 Å². The largest absolute Gasteiger partial charge is 0.338 e. The second-order valence-corrected chi connectivity index (χ2v) is 4.73. The van der Waals surface area contributed by atoms with Gasteiger partial charge in [0.05, 0.1) is 5.33 Å². The summed E-state index contributed by atoms with van der Waals surface area (Å²) in [5.74, 6) is 0.128. The van der Waals surface area contributed by atoms with Crippen molar-refractivity contribution < 1.29 is 9.59 Å². The summed E-state index contributed by atoms with van der Waals surface area (Å²) in [5, 5.41) is 0.347. The molecule has 0 N–H and O–H groups in total. The van der Waals surface area contributed by atoms with Gasteiger partial charge in [-0.3, -0.25) is 9.59 Å². The first-order valence-corrected chi connectivity index (χ1v) is 7.02. The summed E-state index contributed by atoms with van der Waals surface area (Å²) in [5.41, 5.74) is 0.706. The average molecular weight is 311 g/mol. The number of halogens is 1. The van der Waals surface area contributed by atoms with Crippen molar-refractivity contribution in [3.63, 3.8) is 0 Å². The Hall–Kier alpha value is -1.36. The van der Waals surface area contributed by atoms with Crippen LogP contribution in [0.3, 0.4) is 0 Å². The quantitative estimate of drug-likeness (QED) is 0.774. The maximum Gasteiger partial charge on any atom is 0.253 e. The van der Waals surface area contributed by atoms with Gasteiger partial charge in [-0.15, -0.1) is 0 Å². The normalized spacial score (nSPS) is 15.6. The number of carbonyl (C=O) groups excluding carboxylic acids is 2. The minimum atomic E-state index is 0.0431. The van der Waals surface area contributed by atoms with Crippen LogP contribution in [-0.2, 0) is 4.79 Å². The molecule has 0 spiro atoms. The van der Waals surface area contributed by atoms with Crippen LogP contribution in [0, 0.1) is 0 Å². The van der Waals surface area contributed by atoms with Gasteiger partial charge in [0.2, 0.25) is 5.91 Å². The van der Waals surface area contributed by atoms with Gasteiger partial charge in [0.15, 0.2) is 0 Å². The van der Waals surface area contributed by atoms with Crippen molar-refractivity contribution in [2.45, 2.75) is 0 Å². The van der Waals surface area contributed by atoms with Crippen LogP contribution < -0.4 is 0 Å². The number of amides is 2. The highest BCUT2D eigenvalue weighted by atomic mass is 79.9. The van der Waals surface area contributed by atoms with Crippen LogP contribution in [0.4, 0.5) is 0 Å². The molecule has 2 rings (SSSR count). The number of carbonyl (C=O) groups is 2. The number of hydrogen-bond acceptors (Lipinski definition) is 2. The molecule has 0 unspecified atom stereocenters. The maximum absolute atomic E-state index is 12.2. The summed E-state index contributed by atoms with van der Waals surface area (Å²) < 4.78 is 0. The van der Waals surface area contributed by atoms with Crippen LogP contribution in [0.15, 0.2) is 30.3 Å². The van der Waals surface area contributed by atoms with Gasteiger partial charge in [0.25, 0.3) is 5.91 Å². The fourth-order valence-electron chi connectivity index (χ4n) is 2.01. The zero-order valence-corrected chi connectivity index (χ0v) is 11.6. The molecule has 0 bridgehead atoms. The molecule has 18 heavy (non-hydrogen) atoms. The molecule has 1 fully saturated rings. The summed E-state index contributed by atoms with van der Waals surface area (Å²) in [6.07, 6.45) is 0. The number of nitrogens with zero attached hydrogens (tertiary/aromatic N) is 2. The lowest BCUT2D eigenvalue weighted by atomic mass is 10.2. The van der Waals surface area contributed by atoms with Crippen LogP contribution in [0.25, 0.3) is 0 Å². The van der Waals surface area contributed by atoms with E-state index in [-0.39, 0.29) is 11.8 Å². The molecule has 1 aromatic carbocycles. The monoisotopic (exact) mass is 310 g/mol. The van der Waals surface area contributed by atoms with Gasteiger partial charge in [0.1, 0.15) is 0 Å². The van der Waals surface area contributed by atoms with Gasteiger partial charge in [-0.05, 0) is 12.1 Å². The van der Waals surface area contributed by atoms with E-state index in [1.54, 1.807) is 9.80 Å². The van der Waals surface area contributed by atoms with E-state index in [2.05, 4.69) is 15.9 Å². The van der Waals surface area contributed by atoms with E-state index in [1.165, 1.54) is 0 Å². The van der Waals surface area contributed by atoms with E-state index in [0.717, 1.165) is 0 Å². The summed E-state index contributed by atoms with van der Waals surface area (Å²) in [4.78, 5) is 27.2. The van der Waals surface area contributed by atoms with Crippen molar-refractivity contribution in [3.05, 3.63) is 35.9 Å². The molecule has 1 heterocycles. The van der Waals surface area contributed by atoms with Crippen LogP contribution in [0.1, 0.15) is 10.4 Å². The Labute approximate surface area is 115 Å². The number of piperazine rings is 1. The molecular weight excluding hydrogens is 296 g/mol. The zero-order valence-electron chi connectivity index (χ0n) is 10.0. The average Bonchev–Trinajstić information content (AvgIpc) is 2.47. The van der Waals surface area contributed by atoms with Gasteiger partial charge in [-0.1, -0.05) is 34.1 Å². The lowest BCUT2D eigenvalue weighted by molar-refractivity contribution is -0.129. The van der Waals surface area contributed by atoms with Crippen LogP contribution >= 0.6 is 15.9 Å². The number of hydrogen-bond donors (Lipinski definition) is 0. The van der Waals surface area contributed by atoms with Crippen molar-refractivity contribution in [1.82, 2.24) is 9.80 Å². The minimum absolute atomic E-state index is 0.0431. The molecule has 0 radical (unpaired) electrons. The molecule has 96 valence electrons. The molecule has 0 aromatic heterocycles. The van der Waals surface area contributed by atoms with E-state index >= 15 is 0 Å². The Morgan fingerprint density at radius 2 is 1.56 bits per heavy atom.